The monoisotopic (exact) mass is 441 g/mol. The van der Waals surface area contributed by atoms with Crippen molar-refractivity contribution in [2.45, 2.75) is 0 Å². The summed E-state index contributed by atoms with van der Waals surface area (Å²) in [5, 5.41) is 4.29. The second-order valence-corrected chi connectivity index (χ2v) is 7.34. The number of anilines is 1. The molecule has 0 bridgehead atoms. The molecule has 3 heterocycles. The van der Waals surface area contributed by atoms with Gasteiger partial charge in [-0.25, -0.2) is 15.0 Å². The van der Waals surface area contributed by atoms with Crippen molar-refractivity contribution in [1.29, 1.82) is 0 Å². The first kappa shape index (κ1) is 19.7. The molecule has 32 heavy (non-hydrogen) atoms. The Balaban J connectivity index is 1.30. The van der Waals surface area contributed by atoms with Crippen LogP contribution >= 0.6 is 11.6 Å². The van der Waals surface area contributed by atoms with Gasteiger partial charge in [0.1, 0.15) is 17.1 Å². The zero-order valence-electron chi connectivity index (χ0n) is 16.6. The summed E-state index contributed by atoms with van der Waals surface area (Å²) in [4.78, 5) is 28.4. The van der Waals surface area contributed by atoms with Crippen molar-refractivity contribution in [2.75, 3.05) is 5.32 Å². The molecular weight excluding hydrogens is 426 g/mol. The molecule has 7 nitrogen and oxygen atoms in total. The van der Waals surface area contributed by atoms with E-state index in [4.69, 9.17) is 16.3 Å². The van der Waals surface area contributed by atoms with Crippen molar-refractivity contribution < 1.29 is 9.53 Å². The number of hydrogen-bond donors (Lipinski definition) is 2. The number of pyridine rings is 1. The lowest BCUT2D eigenvalue weighted by molar-refractivity contribution is 0.101. The quantitative estimate of drug-likeness (QED) is 0.364. The lowest BCUT2D eigenvalue weighted by atomic mass is 10.1. The third-order valence-electron chi connectivity index (χ3n) is 4.74. The molecule has 0 aliphatic carbocycles. The lowest BCUT2D eigenvalue weighted by Gasteiger charge is -2.09. The van der Waals surface area contributed by atoms with Crippen LogP contribution in [0.5, 0.6) is 11.5 Å². The highest BCUT2D eigenvalue weighted by molar-refractivity contribution is 6.30. The molecule has 0 saturated carbocycles. The molecule has 0 radical (unpaired) electrons. The van der Waals surface area contributed by atoms with Gasteiger partial charge in [0.15, 0.2) is 0 Å². The van der Waals surface area contributed by atoms with Crippen molar-refractivity contribution >= 4 is 34.2 Å². The maximum atomic E-state index is 12.7. The first-order chi connectivity index (χ1) is 15.7. The van der Waals surface area contributed by atoms with Gasteiger partial charge in [0.05, 0.1) is 11.1 Å². The number of aromatic amines is 1. The average molecular weight is 442 g/mol. The second kappa shape index (κ2) is 8.49. The smallest absolute Gasteiger partial charge is 0.293 e. The summed E-state index contributed by atoms with van der Waals surface area (Å²) < 4.78 is 5.96. The number of benzene rings is 2. The maximum Gasteiger partial charge on any atom is 0.293 e. The Morgan fingerprint density at radius 3 is 2.66 bits per heavy atom. The zero-order chi connectivity index (χ0) is 21.9. The highest BCUT2D eigenvalue weighted by atomic mass is 35.5. The Kier molecular flexibility index (Phi) is 5.23. The van der Waals surface area contributed by atoms with E-state index in [1.165, 1.54) is 0 Å². The number of rotatable bonds is 5. The zero-order valence-corrected chi connectivity index (χ0v) is 17.4. The molecule has 0 aliphatic rings. The van der Waals surface area contributed by atoms with E-state index in [1.807, 2.05) is 24.4 Å². The number of hydrogen-bond acceptors (Lipinski definition) is 5. The molecule has 5 rings (SSSR count). The predicted molar refractivity (Wildman–Crippen MR) is 123 cm³/mol. The van der Waals surface area contributed by atoms with E-state index in [9.17, 15) is 4.79 Å². The summed E-state index contributed by atoms with van der Waals surface area (Å²) in [6.45, 7) is 0. The lowest BCUT2D eigenvalue weighted by Crippen LogP contribution is -2.15. The largest absolute Gasteiger partial charge is 0.457 e. The molecule has 0 saturated heterocycles. The molecule has 2 aromatic carbocycles. The van der Waals surface area contributed by atoms with Crippen LogP contribution in [0.2, 0.25) is 5.02 Å². The van der Waals surface area contributed by atoms with Gasteiger partial charge in [-0.2, -0.15) is 0 Å². The number of amides is 1. The Morgan fingerprint density at radius 1 is 0.969 bits per heavy atom. The van der Waals surface area contributed by atoms with Crippen LogP contribution in [-0.2, 0) is 0 Å². The Labute approximate surface area is 188 Å². The van der Waals surface area contributed by atoms with Gasteiger partial charge in [-0.3, -0.25) is 4.79 Å². The van der Waals surface area contributed by atoms with E-state index in [0.717, 1.165) is 16.6 Å². The summed E-state index contributed by atoms with van der Waals surface area (Å²) in [7, 11) is 0. The molecule has 0 aliphatic heterocycles. The standard InChI is InChI=1S/C24H16ClN5O2/c25-16-3-1-2-15(14-16)20-9-12-28-23(30-20)24(31)29-17-4-6-18(7-5-17)32-21-10-13-27-22-19(21)8-11-26-22/h1-14H,(H,26,27)(H,29,31). The fraction of sp³-hybridized carbons (Fsp3) is 0. The minimum absolute atomic E-state index is 0.0643. The fourth-order valence-corrected chi connectivity index (χ4v) is 3.41. The van der Waals surface area contributed by atoms with Gasteiger partial charge in [0.25, 0.3) is 5.91 Å². The minimum Gasteiger partial charge on any atom is -0.457 e. The normalized spacial score (nSPS) is 10.8. The number of halogens is 1. The molecule has 3 aromatic heterocycles. The van der Waals surface area contributed by atoms with Crippen molar-refractivity contribution in [3.05, 3.63) is 96.2 Å². The fourth-order valence-electron chi connectivity index (χ4n) is 3.22. The molecule has 5 aromatic rings. The third kappa shape index (κ3) is 4.14. The molecule has 0 spiro atoms. The van der Waals surface area contributed by atoms with Gasteiger partial charge < -0.3 is 15.0 Å². The second-order valence-electron chi connectivity index (χ2n) is 6.91. The van der Waals surface area contributed by atoms with Crippen molar-refractivity contribution in [1.82, 2.24) is 19.9 Å². The summed E-state index contributed by atoms with van der Waals surface area (Å²) in [5.41, 5.74) is 2.78. The SMILES string of the molecule is O=C(Nc1ccc(Oc2ccnc3[nH]ccc23)cc1)c1nccc(-c2cccc(Cl)c2)n1. The summed E-state index contributed by atoms with van der Waals surface area (Å²) in [6.07, 6.45) is 5.04. The van der Waals surface area contributed by atoms with Crippen LogP contribution in [0.15, 0.2) is 85.3 Å². The van der Waals surface area contributed by atoms with Crippen LogP contribution in [0.1, 0.15) is 10.6 Å². The summed E-state index contributed by atoms with van der Waals surface area (Å²) in [5.74, 6) is 0.982. The Morgan fingerprint density at radius 2 is 1.81 bits per heavy atom. The number of ether oxygens (including phenoxy) is 1. The van der Waals surface area contributed by atoms with Crippen LogP contribution in [0.4, 0.5) is 5.69 Å². The number of nitrogens with zero attached hydrogens (tertiary/aromatic N) is 3. The van der Waals surface area contributed by atoms with Crippen LogP contribution in [0, 0.1) is 0 Å². The number of carbonyl (C=O) groups excluding carboxylic acids is 1. The molecule has 0 fully saturated rings. The highest BCUT2D eigenvalue weighted by Crippen LogP contribution is 2.29. The van der Waals surface area contributed by atoms with Gasteiger partial charge >= 0.3 is 0 Å². The summed E-state index contributed by atoms with van der Waals surface area (Å²) in [6, 6.07) is 19.8. The molecule has 156 valence electrons. The topological polar surface area (TPSA) is 92.8 Å². The van der Waals surface area contributed by atoms with Gasteiger partial charge in [-0.15, -0.1) is 0 Å². The van der Waals surface area contributed by atoms with Crippen molar-refractivity contribution in [3.8, 4) is 22.8 Å². The van der Waals surface area contributed by atoms with Crippen LogP contribution in [0.25, 0.3) is 22.3 Å². The number of H-pyrrole nitrogens is 1. The molecule has 1 amide bonds. The number of carbonyl (C=O) groups is 1. The molecular formula is C24H16ClN5O2. The molecule has 0 atom stereocenters. The molecule has 0 unspecified atom stereocenters. The van der Waals surface area contributed by atoms with E-state index >= 15 is 0 Å². The number of fused-ring (bicyclic) bond motifs is 1. The van der Waals surface area contributed by atoms with Crippen LogP contribution in [0.3, 0.4) is 0 Å². The van der Waals surface area contributed by atoms with Crippen molar-refractivity contribution in [2.24, 2.45) is 0 Å². The first-order valence-electron chi connectivity index (χ1n) is 9.76. The number of aromatic nitrogens is 4. The van der Waals surface area contributed by atoms with E-state index < -0.39 is 5.91 Å². The van der Waals surface area contributed by atoms with E-state index in [1.54, 1.807) is 60.9 Å². The van der Waals surface area contributed by atoms with Gasteiger partial charge in [0.2, 0.25) is 5.82 Å². The molecule has 2 N–H and O–H groups in total. The Bertz CT molecular complexity index is 1420. The number of nitrogens with one attached hydrogen (secondary N) is 2. The van der Waals surface area contributed by atoms with Crippen molar-refractivity contribution in [3.63, 3.8) is 0 Å². The van der Waals surface area contributed by atoms with Crippen LogP contribution in [-0.4, -0.2) is 25.8 Å². The van der Waals surface area contributed by atoms with Gasteiger partial charge in [-0.05, 0) is 54.6 Å². The van der Waals surface area contributed by atoms with E-state index in [0.29, 0.717) is 27.9 Å². The average Bonchev–Trinajstić information content (AvgIpc) is 3.30. The molecule has 8 heteroatoms. The maximum absolute atomic E-state index is 12.7. The predicted octanol–water partition coefficient (Wildman–Crippen LogP) is 5.72. The summed E-state index contributed by atoms with van der Waals surface area (Å²) >= 11 is 6.05. The third-order valence-corrected chi connectivity index (χ3v) is 4.97. The van der Waals surface area contributed by atoms with Crippen LogP contribution < -0.4 is 10.1 Å². The van der Waals surface area contributed by atoms with Gasteiger partial charge in [0, 0.05) is 34.9 Å². The van der Waals surface area contributed by atoms with E-state index in [-0.39, 0.29) is 5.82 Å². The first-order valence-corrected chi connectivity index (χ1v) is 10.1. The van der Waals surface area contributed by atoms with Gasteiger partial charge in [-0.1, -0.05) is 23.7 Å². The highest BCUT2D eigenvalue weighted by Gasteiger charge is 2.12. The minimum atomic E-state index is -0.411. The van der Waals surface area contributed by atoms with E-state index in [2.05, 4.69) is 25.3 Å². The Hall–Kier alpha value is -4.23.